The van der Waals surface area contributed by atoms with Gasteiger partial charge in [0, 0.05) is 43.5 Å². The third kappa shape index (κ3) is 4.87. The lowest BCUT2D eigenvalue weighted by Crippen LogP contribution is -2.27. The van der Waals surface area contributed by atoms with Crippen molar-refractivity contribution in [2.75, 3.05) is 42.8 Å². The molecule has 0 bridgehead atoms. The first-order chi connectivity index (χ1) is 9.06. The summed E-state index contributed by atoms with van der Waals surface area (Å²) in [6.07, 6.45) is 1.86. The number of anilines is 2. The molecule has 0 atom stereocenters. The maximum atomic E-state index is 12.1. The van der Waals surface area contributed by atoms with E-state index in [2.05, 4.69) is 11.9 Å². The first kappa shape index (κ1) is 15.4. The van der Waals surface area contributed by atoms with Gasteiger partial charge in [0.25, 0.3) is 5.91 Å². The third-order valence-corrected chi connectivity index (χ3v) is 3.48. The van der Waals surface area contributed by atoms with E-state index >= 15 is 0 Å². The number of hydrogen-bond acceptors (Lipinski definition) is 4. The van der Waals surface area contributed by atoms with Crippen LogP contribution in [0.1, 0.15) is 10.4 Å². The lowest BCUT2D eigenvalue weighted by molar-refractivity contribution is 0.0957. The molecule has 19 heavy (non-hydrogen) atoms. The minimum absolute atomic E-state index is 0.0878. The molecule has 1 aromatic carbocycles. The molecule has 0 spiro atoms. The smallest absolute Gasteiger partial charge is 0.253 e. The van der Waals surface area contributed by atoms with E-state index in [1.54, 1.807) is 23.9 Å². The summed E-state index contributed by atoms with van der Waals surface area (Å²) >= 11 is 1.74. The van der Waals surface area contributed by atoms with Gasteiger partial charge in [-0.25, -0.2) is 0 Å². The van der Waals surface area contributed by atoms with Crippen molar-refractivity contribution in [1.82, 2.24) is 5.32 Å². The van der Waals surface area contributed by atoms with Crippen LogP contribution in [0.25, 0.3) is 0 Å². The summed E-state index contributed by atoms with van der Waals surface area (Å²) in [4.78, 5) is 14.0. The molecule has 0 aliphatic heterocycles. The van der Waals surface area contributed by atoms with Crippen molar-refractivity contribution in [3.63, 3.8) is 0 Å². The van der Waals surface area contributed by atoms with Crippen LogP contribution in [-0.2, 0) is 0 Å². The highest BCUT2D eigenvalue weighted by atomic mass is 32.2. The molecular formula is C14H21N3OS. The van der Waals surface area contributed by atoms with E-state index in [1.165, 1.54) is 0 Å². The molecule has 0 saturated carbocycles. The van der Waals surface area contributed by atoms with Crippen molar-refractivity contribution in [3.05, 3.63) is 36.4 Å². The largest absolute Gasteiger partial charge is 0.399 e. The number of hydrogen-bond donors (Lipinski definition) is 2. The number of carbonyl (C=O) groups is 1. The second-order valence-corrected chi connectivity index (χ2v) is 5.44. The number of nitrogens with zero attached hydrogens (tertiary/aromatic N) is 1. The Balaban J connectivity index is 2.65. The highest BCUT2D eigenvalue weighted by molar-refractivity contribution is 7.99. The van der Waals surface area contributed by atoms with Crippen LogP contribution in [0.4, 0.5) is 11.4 Å². The van der Waals surface area contributed by atoms with E-state index < -0.39 is 0 Å². The summed E-state index contributed by atoms with van der Waals surface area (Å²) in [5, 5.41) is 2.90. The van der Waals surface area contributed by atoms with Crippen LogP contribution >= 0.6 is 11.8 Å². The lowest BCUT2D eigenvalue weighted by atomic mass is 10.1. The van der Waals surface area contributed by atoms with Crippen LogP contribution in [0.2, 0.25) is 0 Å². The van der Waals surface area contributed by atoms with Gasteiger partial charge >= 0.3 is 0 Å². The van der Waals surface area contributed by atoms with Crippen LogP contribution in [0.3, 0.4) is 0 Å². The first-order valence-corrected chi connectivity index (χ1v) is 7.25. The zero-order valence-electron chi connectivity index (χ0n) is 11.5. The summed E-state index contributed by atoms with van der Waals surface area (Å²) in [6.45, 7) is 4.29. The number of benzene rings is 1. The normalized spacial score (nSPS) is 10.0. The topological polar surface area (TPSA) is 58.4 Å². The van der Waals surface area contributed by atoms with E-state index in [9.17, 15) is 4.79 Å². The molecule has 4 nitrogen and oxygen atoms in total. The number of nitrogens with two attached hydrogens (primary N) is 1. The van der Waals surface area contributed by atoms with Crippen LogP contribution in [0, 0.1) is 0 Å². The second kappa shape index (κ2) is 7.74. The minimum Gasteiger partial charge on any atom is -0.399 e. The number of amides is 1. The number of nitrogen functional groups attached to an aromatic ring is 1. The number of carbonyl (C=O) groups excluding carboxylic acids is 1. The van der Waals surface area contributed by atoms with Gasteiger partial charge in [-0.05, 0) is 18.2 Å². The fourth-order valence-electron chi connectivity index (χ4n) is 1.62. The van der Waals surface area contributed by atoms with Gasteiger partial charge in [-0.3, -0.25) is 4.79 Å². The van der Waals surface area contributed by atoms with Gasteiger partial charge in [-0.15, -0.1) is 6.58 Å². The van der Waals surface area contributed by atoms with Crippen LogP contribution < -0.4 is 16.0 Å². The van der Waals surface area contributed by atoms with Gasteiger partial charge in [0.1, 0.15) is 0 Å². The minimum atomic E-state index is -0.0878. The average Bonchev–Trinajstić information content (AvgIpc) is 2.37. The van der Waals surface area contributed by atoms with Gasteiger partial charge in [0.05, 0.1) is 5.56 Å². The van der Waals surface area contributed by atoms with Gasteiger partial charge in [0.15, 0.2) is 0 Å². The van der Waals surface area contributed by atoms with E-state index in [-0.39, 0.29) is 5.91 Å². The fourth-order valence-corrected chi connectivity index (χ4v) is 2.20. The Labute approximate surface area is 119 Å². The summed E-state index contributed by atoms with van der Waals surface area (Å²) in [5.74, 6) is 1.68. The van der Waals surface area contributed by atoms with Gasteiger partial charge in [-0.2, -0.15) is 11.8 Å². The maximum absolute atomic E-state index is 12.1. The highest BCUT2D eigenvalue weighted by Crippen LogP contribution is 2.21. The van der Waals surface area contributed by atoms with Crippen LogP contribution in [-0.4, -0.2) is 38.1 Å². The quantitative estimate of drug-likeness (QED) is 0.455. The molecule has 104 valence electrons. The Bertz CT molecular complexity index is 446. The Morgan fingerprint density at radius 2 is 2.26 bits per heavy atom. The summed E-state index contributed by atoms with van der Waals surface area (Å²) in [6, 6.07) is 5.37. The predicted molar refractivity (Wildman–Crippen MR) is 85.0 cm³/mol. The van der Waals surface area contributed by atoms with Gasteiger partial charge < -0.3 is 16.0 Å². The molecule has 0 aliphatic rings. The standard InChI is InChI=1S/C14H21N3OS/c1-4-8-19-9-7-16-14(18)12-10-11(15)5-6-13(12)17(2)3/h4-6,10H,1,7-9,15H2,2-3H3,(H,16,18). The number of rotatable bonds is 7. The van der Waals surface area contributed by atoms with Crippen molar-refractivity contribution < 1.29 is 4.79 Å². The fraction of sp³-hybridized carbons (Fsp3) is 0.357. The third-order valence-electron chi connectivity index (χ3n) is 2.51. The lowest BCUT2D eigenvalue weighted by Gasteiger charge is -2.17. The molecule has 3 N–H and O–H groups in total. The molecule has 0 heterocycles. The van der Waals surface area contributed by atoms with Crippen molar-refractivity contribution in [2.24, 2.45) is 0 Å². The molecule has 0 radical (unpaired) electrons. The van der Waals surface area contributed by atoms with Crippen molar-refractivity contribution >= 4 is 29.0 Å². The summed E-state index contributed by atoms with van der Waals surface area (Å²) in [7, 11) is 3.81. The molecule has 0 fully saturated rings. The Hall–Kier alpha value is -1.62. The van der Waals surface area contributed by atoms with Crippen LogP contribution in [0.5, 0.6) is 0 Å². The Morgan fingerprint density at radius 3 is 2.89 bits per heavy atom. The highest BCUT2D eigenvalue weighted by Gasteiger charge is 2.12. The molecule has 0 saturated heterocycles. The molecule has 0 aromatic heterocycles. The number of thioether (sulfide) groups is 1. The maximum Gasteiger partial charge on any atom is 0.253 e. The van der Waals surface area contributed by atoms with E-state index in [0.717, 1.165) is 17.2 Å². The number of nitrogens with one attached hydrogen (secondary N) is 1. The zero-order chi connectivity index (χ0) is 14.3. The molecule has 0 unspecified atom stereocenters. The molecule has 1 aromatic rings. The van der Waals surface area contributed by atoms with E-state index in [4.69, 9.17) is 5.73 Å². The molecular weight excluding hydrogens is 258 g/mol. The summed E-state index contributed by atoms with van der Waals surface area (Å²) in [5.41, 5.74) is 7.82. The monoisotopic (exact) mass is 279 g/mol. The SMILES string of the molecule is C=CCSCCNC(=O)c1cc(N)ccc1N(C)C. The second-order valence-electron chi connectivity index (χ2n) is 4.29. The van der Waals surface area contributed by atoms with Gasteiger partial charge in [0.2, 0.25) is 0 Å². The van der Waals surface area contributed by atoms with Crippen molar-refractivity contribution in [3.8, 4) is 0 Å². The van der Waals surface area contributed by atoms with E-state index in [1.807, 2.05) is 31.1 Å². The molecule has 1 amide bonds. The van der Waals surface area contributed by atoms with Gasteiger partial charge in [-0.1, -0.05) is 6.08 Å². The zero-order valence-corrected chi connectivity index (χ0v) is 12.3. The first-order valence-electron chi connectivity index (χ1n) is 6.10. The Morgan fingerprint density at radius 1 is 1.53 bits per heavy atom. The molecule has 1 rings (SSSR count). The Kier molecular flexibility index (Phi) is 6.29. The summed E-state index contributed by atoms with van der Waals surface area (Å²) < 4.78 is 0. The van der Waals surface area contributed by atoms with Crippen molar-refractivity contribution in [2.45, 2.75) is 0 Å². The van der Waals surface area contributed by atoms with E-state index in [0.29, 0.717) is 17.8 Å². The molecule has 0 aliphatic carbocycles. The average molecular weight is 279 g/mol. The molecule has 5 heteroatoms. The van der Waals surface area contributed by atoms with Crippen LogP contribution in [0.15, 0.2) is 30.9 Å². The van der Waals surface area contributed by atoms with Crippen molar-refractivity contribution in [1.29, 1.82) is 0 Å². The predicted octanol–water partition coefficient (Wildman–Crippen LogP) is 1.98.